The van der Waals surface area contributed by atoms with E-state index >= 15 is 0 Å². The van der Waals surface area contributed by atoms with Crippen LogP contribution in [0.4, 0.5) is 0 Å². The maximum absolute atomic E-state index is 5.53. The Hall–Kier alpha value is -1.90. The van der Waals surface area contributed by atoms with Gasteiger partial charge >= 0.3 is 0 Å². The maximum atomic E-state index is 5.53. The normalized spacial score (nSPS) is 25.0. The summed E-state index contributed by atoms with van der Waals surface area (Å²) < 4.78 is 5.53. The average Bonchev–Trinajstić information content (AvgIpc) is 2.60. The van der Waals surface area contributed by atoms with Crippen LogP contribution < -0.4 is 0 Å². The number of hydrogen-bond acceptors (Lipinski definition) is 2. The highest BCUT2D eigenvalue weighted by Crippen LogP contribution is 2.38. The summed E-state index contributed by atoms with van der Waals surface area (Å²) in [6.45, 7) is 2.11. The summed E-state index contributed by atoms with van der Waals surface area (Å²) >= 11 is 0. The van der Waals surface area contributed by atoms with Gasteiger partial charge in [-0.05, 0) is 41.0 Å². The van der Waals surface area contributed by atoms with E-state index in [1.807, 2.05) is 0 Å². The van der Waals surface area contributed by atoms with Crippen LogP contribution in [0.5, 0.6) is 0 Å². The highest BCUT2D eigenvalue weighted by atomic mass is 16.5. The fraction of sp³-hybridized carbons (Fsp3) is 0.333. The molecule has 0 saturated carbocycles. The molecule has 0 bridgehead atoms. The van der Waals surface area contributed by atoms with Crippen LogP contribution in [0.25, 0.3) is 10.8 Å². The van der Waals surface area contributed by atoms with E-state index in [4.69, 9.17) is 4.74 Å². The quantitative estimate of drug-likeness (QED) is 0.827. The lowest BCUT2D eigenvalue weighted by Crippen LogP contribution is -2.36. The predicted molar refractivity (Wildman–Crippen MR) is 95.8 cm³/mol. The van der Waals surface area contributed by atoms with Gasteiger partial charge in [0.15, 0.2) is 0 Å². The van der Waals surface area contributed by atoms with Gasteiger partial charge in [-0.15, -0.1) is 0 Å². The number of fused-ring (bicyclic) bond motifs is 2. The van der Waals surface area contributed by atoms with E-state index in [1.165, 1.54) is 27.5 Å². The number of hydrogen-bond donors (Lipinski definition) is 0. The first-order valence-corrected chi connectivity index (χ1v) is 8.36. The Morgan fingerprint density at radius 2 is 1.91 bits per heavy atom. The molecule has 1 unspecified atom stereocenters. The number of nitrogens with zero attached hydrogens (tertiary/aromatic N) is 1. The lowest BCUT2D eigenvalue weighted by atomic mass is 9.79. The molecule has 23 heavy (non-hydrogen) atoms. The van der Waals surface area contributed by atoms with Crippen molar-refractivity contribution >= 4 is 10.8 Å². The first-order valence-electron chi connectivity index (χ1n) is 8.36. The molecule has 0 aromatic heterocycles. The van der Waals surface area contributed by atoms with Gasteiger partial charge in [0, 0.05) is 26.1 Å². The third-order valence-corrected chi connectivity index (χ3v) is 5.12. The fourth-order valence-electron chi connectivity index (χ4n) is 3.91. The van der Waals surface area contributed by atoms with Crippen LogP contribution in [0.1, 0.15) is 17.9 Å². The summed E-state index contributed by atoms with van der Waals surface area (Å²) in [6.07, 6.45) is 5.94. The Labute approximate surface area is 138 Å². The largest absolute Gasteiger partial charge is 0.377 e. The molecule has 1 aliphatic carbocycles. The summed E-state index contributed by atoms with van der Waals surface area (Å²) in [5.74, 6) is 0.461. The maximum Gasteiger partial charge on any atom is 0.0792 e. The van der Waals surface area contributed by atoms with Crippen LogP contribution in [0.15, 0.2) is 65.8 Å². The van der Waals surface area contributed by atoms with E-state index in [0.717, 1.165) is 19.5 Å². The fourth-order valence-corrected chi connectivity index (χ4v) is 3.91. The number of likely N-dealkylation sites (tertiary alicyclic amines) is 1. The van der Waals surface area contributed by atoms with Gasteiger partial charge in [-0.1, -0.05) is 54.6 Å². The van der Waals surface area contributed by atoms with Gasteiger partial charge in [0.25, 0.3) is 0 Å². The smallest absolute Gasteiger partial charge is 0.0792 e. The summed E-state index contributed by atoms with van der Waals surface area (Å²) in [5.41, 5.74) is 4.37. The number of benzene rings is 2. The molecule has 1 saturated heterocycles. The van der Waals surface area contributed by atoms with Crippen molar-refractivity contribution in [3.63, 3.8) is 0 Å². The minimum atomic E-state index is 0.234. The molecule has 0 radical (unpaired) electrons. The lowest BCUT2D eigenvalue weighted by Gasteiger charge is -2.37. The minimum Gasteiger partial charge on any atom is -0.377 e. The van der Waals surface area contributed by atoms with Crippen molar-refractivity contribution in [3.05, 3.63) is 71.3 Å². The first kappa shape index (κ1) is 14.7. The Balaban J connectivity index is 1.74. The highest BCUT2D eigenvalue weighted by molar-refractivity contribution is 5.83. The molecule has 2 atom stereocenters. The van der Waals surface area contributed by atoms with E-state index in [0.29, 0.717) is 5.92 Å². The van der Waals surface area contributed by atoms with Crippen molar-refractivity contribution in [2.24, 2.45) is 0 Å². The molecule has 2 aromatic carbocycles. The second-order valence-corrected chi connectivity index (χ2v) is 6.72. The lowest BCUT2D eigenvalue weighted by molar-refractivity contribution is 0.140. The van der Waals surface area contributed by atoms with Crippen LogP contribution in [-0.2, 0) is 4.74 Å². The summed E-state index contributed by atoms with van der Waals surface area (Å²) in [5, 5.41) is 2.64. The Morgan fingerprint density at radius 1 is 1.09 bits per heavy atom. The van der Waals surface area contributed by atoms with Gasteiger partial charge in [-0.2, -0.15) is 0 Å². The van der Waals surface area contributed by atoms with E-state index < -0.39 is 0 Å². The highest BCUT2D eigenvalue weighted by Gasteiger charge is 2.29. The van der Waals surface area contributed by atoms with Gasteiger partial charge < -0.3 is 9.64 Å². The molecule has 0 N–H and O–H groups in total. The van der Waals surface area contributed by atoms with Crippen LogP contribution in [0.3, 0.4) is 0 Å². The van der Waals surface area contributed by atoms with E-state index in [-0.39, 0.29) is 6.10 Å². The molecule has 2 nitrogen and oxygen atoms in total. The third-order valence-electron chi connectivity index (χ3n) is 5.12. The molecule has 0 amide bonds. The van der Waals surface area contributed by atoms with Crippen molar-refractivity contribution < 1.29 is 4.74 Å². The monoisotopic (exact) mass is 305 g/mol. The Morgan fingerprint density at radius 3 is 2.74 bits per heavy atom. The molecule has 0 spiro atoms. The summed E-state index contributed by atoms with van der Waals surface area (Å²) in [4.78, 5) is 2.42. The molecule has 2 aromatic rings. The van der Waals surface area contributed by atoms with E-state index in [1.54, 1.807) is 7.11 Å². The molecule has 1 fully saturated rings. The second kappa shape index (κ2) is 5.95. The molecular formula is C21H23NO. The minimum absolute atomic E-state index is 0.234. The van der Waals surface area contributed by atoms with Crippen LogP contribution in [0.2, 0.25) is 0 Å². The molecule has 1 aliphatic heterocycles. The van der Waals surface area contributed by atoms with E-state index in [2.05, 4.69) is 66.6 Å². The Bertz CT molecular complexity index is 789. The average molecular weight is 305 g/mol. The van der Waals surface area contributed by atoms with E-state index in [9.17, 15) is 0 Å². The van der Waals surface area contributed by atoms with Crippen molar-refractivity contribution in [3.8, 4) is 0 Å². The number of rotatable bonds is 2. The number of methoxy groups -OCH3 is 1. The molecule has 2 heteroatoms. The number of ether oxygens (including phenoxy) is 1. The van der Waals surface area contributed by atoms with Crippen LogP contribution in [0, 0.1) is 0 Å². The Kier molecular flexibility index (Phi) is 3.80. The zero-order valence-corrected chi connectivity index (χ0v) is 13.8. The molecular weight excluding hydrogens is 282 g/mol. The first-order chi connectivity index (χ1) is 11.2. The van der Waals surface area contributed by atoms with Crippen molar-refractivity contribution in [1.82, 2.24) is 4.90 Å². The molecule has 1 heterocycles. The summed E-state index contributed by atoms with van der Waals surface area (Å²) in [6, 6.07) is 15.5. The van der Waals surface area contributed by atoms with Gasteiger partial charge in [0.1, 0.15) is 0 Å². The summed E-state index contributed by atoms with van der Waals surface area (Å²) in [7, 11) is 4.01. The van der Waals surface area contributed by atoms with Crippen molar-refractivity contribution in [1.29, 1.82) is 0 Å². The SMILES string of the molecule is COC1C=C2CN(C)C[C@@H](c3ccc4ccccc4c3)C2=CC1. The van der Waals surface area contributed by atoms with Gasteiger partial charge in [0.2, 0.25) is 0 Å². The zero-order chi connectivity index (χ0) is 15.8. The molecule has 2 aliphatic rings. The van der Waals surface area contributed by atoms with Crippen LogP contribution >= 0.6 is 0 Å². The molecule has 118 valence electrons. The topological polar surface area (TPSA) is 12.5 Å². The van der Waals surface area contributed by atoms with Gasteiger partial charge in [-0.3, -0.25) is 0 Å². The van der Waals surface area contributed by atoms with Crippen molar-refractivity contribution in [2.45, 2.75) is 18.4 Å². The predicted octanol–water partition coefficient (Wildman–Crippen LogP) is 4.14. The standard InChI is InChI=1S/C21H23NO/c1-22-13-18-12-19(23-2)9-10-20(18)21(14-22)17-8-7-15-5-3-4-6-16(15)11-17/h3-8,10-12,19,21H,9,13-14H2,1-2H3/t19?,21-/m0/s1. The molecule has 4 rings (SSSR count). The number of piperidine rings is 1. The zero-order valence-electron chi connectivity index (χ0n) is 13.8. The van der Waals surface area contributed by atoms with Crippen LogP contribution in [-0.4, -0.2) is 38.3 Å². The second-order valence-electron chi connectivity index (χ2n) is 6.72. The third kappa shape index (κ3) is 2.73. The van der Waals surface area contributed by atoms with Crippen molar-refractivity contribution in [2.75, 3.05) is 27.2 Å². The van der Waals surface area contributed by atoms with Gasteiger partial charge in [-0.25, -0.2) is 0 Å². The number of likely N-dealkylation sites (N-methyl/N-ethyl adjacent to an activating group) is 1. The van der Waals surface area contributed by atoms with Gasteiger partial charge in [0.05, 0.1) is 6.10 Å².